The minimum Gasteiger partial charge on any atom is -0.448 e. The van der Waals surface area contributed by atoms with Crippen LogP contribution in [-0.2, 0) is 25.5 Å². The molecule has 0 spiro atoms. The summed E-state index contributed by atoms with van der Waals surface area (Å²) in [6.45, 7) is 1.96. The van der Waals surface area contributed by atoms with Crippen molar-refractivity contribution in [3.8, 4) is 0 Å². The number of nitrogens with zero attached hydrogens (tertiary/aromatic N) is 1. The number of carbonyl (C=O) groups is 3. The number of carbonyl (C=O) groups excluding carboxylic acids is 3. The highest BCUT2D eigenvalue weighted by atomic mass is 16.5. The number of hydrazone groups is 1. The topological polar surface area (TPSA) is 96.9 Å². The molecule has 2 amide bonds. The lowest BCUT2D eigenvalue weighted by molar-refractivity contribution is -0.148. The van der Waals surface area contributed by atoms with Crippen molar-refractivity contribution in [2.75, 3.05) is 6.54 Å². The Morgan fingerprint density at radius 1 is 1.30 bits per heavy atom. The molecule has 7 heteroatoms. The molecule has 1 aliphatic rings. The molecule has 2 N–H and O–H groups in total. The van der Waals surface area contributed by atoms with Gasteiger partial charge in [0.15, 0.2) is 6.10 Å². The summed E-state index contributed by atoms with van der Waals surface area (Å²) in [5.41, 5.74) is 3.45. The van der Waals surface area contributed by atoms with Gasteiger partial charge in [0, 0.05) is 19.4 Å². The monoisotopic (exact) mass is 317 g/mol. The van der Waals surface area contributed by atoms with Gasteiger partial charge in [0.05, 0.1) is 0 Å². The fraction of sp³-hybridized carbons (Fsp3) is 0.375. The van der Waals surface area contributed by atoms with Crippen LogP contribution in [0.2, 0.25) is 0 Å². The molecule has 0 radical (unpaired) electrons. The Balaban J connectivity index is 1.74. The first-order valence-corrected chi connectivity index (χ1v) is 7.44. The van der Waals surface area contributed by atoms with E-state index in [1.807, 2.05) is 30.3 Å². The van der Waals surface area contributed by atoms with E-state index in [2.05, 4.69) is 15.8 Å². The van der Waals surface area contributed by atoms with Crippen LogP contribution in [0.25, 0.3) is 0 Å². The number of ether oxygens (including phenoxy) is 1. The first kappa shape index (κ1) is 16.7. The predicted molar refractivity (Wildman–Crippen MR) is 83.5 cm³/mol. The second-order valence-corrected chi connectivity index (χ2v) is 5.17. The van der Waals surface area contributed by atoms with E-state index in [0.717, 1.165) is 5.56 Å². The van der Waals surface area contributed by atoms with Gasteiger partial charge in [-0.1, -0.05) is 30.3 Å². The maximum absolute atomic E-state index is 11.9. The van der Waals surface area contributed by atoms with Crippen LogP contribution < -0.4 is 10.7 Å². The first-order valence-electron chi connectivity index (χ1n) is 7.44. The van der Waals surface area contributed by atoms with E-state index in [-0.39, 0.29) is 30.4 Å². The van der Waals surface area contributed by atoms with E-state index in [0.29, 0.717) is 13.0 Å². The Hall–Kier alpha value is -2.70. The van der Waals surface area contributed by atoms with Gasteiger partial charge < -0.3 is 10.1 Å². The number of esters is 1. The standard InChI is InChI=1S/C16H19N3O4/c1-11(23-16(22)13-7-8-14(20)19-18-13)15(21)17-10-9-12-5-3-2-4-6-12/h2-6,11H,7-10H2,1H3,(H,17,21)(H,19,20)/t11-/m0/s1. The summed E-state index contributed by atoms with van der Waals surface area (Å²) in [7, 11) is 0. The number of hydrogen-bond donors (Lipinski definition) is 2. The van der Waals surface area contributed by atoms with Crippen molar-refractivity contribution in [2.45, 2.75) is 32.3 Å². The molecule has 1 aromatic carbocycles. The van der Waals surface area contributed by atoms with E-state index >= 15 is 0 Å². The fourth-order valence-corrected chi connectivity index (χ4v) is 2.02. The van der Waals surface area contributed by atoms with Gasteiger partial charge in [-0.15, -0.1) is 0 Å². The number of rotatable bonds is 6. The van der Waals surface area contributed by atoms with E-state index in [1.54, 1.807) is 0 Å². The van der Waals surface area contributed by atoms with Crippen molar-refractivity contribution in [1.29, 1.82) is 0 Å². The summed E-state index contributed by atoms with van der Waals surface area (Å²) >= 11 is 0. The van der Waals surface area contributed by atoms with Gasteiger partial charge in [0.25, 0.3) is 5.91 Å². The Morgan fingerprint density at radius 3 is 2.70 bits per heavy atom. The van der Waals surface area contributed by atoms with Crippen LogP contribution in [0.4, 0.5) is 0 Å². The minimum atomic E-state index is -0.918. The molecule has 0 unspecified atom stereocenters. The number of hydrogen-bond acceptors (Lipinski definition) is 5. The van der Waals surface area contributed by atoms with Crippen molar-refractivity contribution in [2.24, 2.45) is 5.10 Å². The molecule has 0 fully saturated rings. The second-order valence-electron chi connectivity index (χ2n) is 5.17. The Morgan fingerprint density at radius 2 is 2.04 bits per heavy atom. The van der Waals surface area contributed by atoms with Crippen molar-refractivity contribution in [3.63, 3.8) is 0 Å². The van der Waals surface area contributed by atoms with Gasteiger partial charge in [-0.3, -0.25) is 9.59 Å². The summed E-state index contributed by atoms with van der Waals surface area (Å²) in [4.78, 5) is 34.7. The predicted octanol–water partition coefficient (Wildman–Crippen LogP) is 0.543. The average molecular weight is 317 g/mol. The lowest BCUT2D eigenvalue weighted by Gasteiger charge is -2.15. The van der Waals surface area contributed by atoms with Crippen molar-refractivity contribution >= 4 is 23.5 Å². The lowest BCUT2D eigenvalue weighted by Crippen LogP contribution is -2.39. The maximum atomic E-state index is 11.9. The summed E-state index contributed by atoms with van der Waals surface area (Å²) in [5.74, 6) is -1.29. The molecule has 1 aliphatic heterocycles. The summed E-state index contributed by atoms with van der Waals surface area (Å²) < 4.78 is 5.06. The molecular weight excluding hydrogens is 298 g/mol. The van der Waals surface area contributed by atoms with Crippen LogP contribution in [0.5, 0.6) is 0 Å². The molecule has 0 aromatic heterocycles. The minimum absolute atomic E-state index is 0.119. The zero-order valence-corrected chi connectivity index (χ0v) is 12.9. The first-order chi connectivity index (χ1) is 11.1. The molecule has 0 bridgehead atoms. The van der Waals surface area contributed by atoms with E-state index in [9.17, 15) is 14.4 Å². The molecular formula is C16H19N3O4. The normalized spacial score (nSPS) is 15.2. The van der Waals surface area contributed by atoms with Crippen LogP contribution in [0.1, 0.15) is 25.3 Å². The molecule has 23 heavy (non-hydrogen) atoms. The quantitative estimate of drug-likeness (QED) is 0.749. The van der Waals surface area contributed by atoms with Crippen LogP contribution in [0, 0.1) is 0 Å². The van der Waals surface area contributed by atoms with Crippen molar-refractivity contribution in [3.05, 3.63) is 35.9 Å². The largest absolute Gasteiger partial charge is 0.448 e. The molecule has 0 saturated heterocycles. The van der Waals surface area contributed by atoms with Crippen LogP contribution in [0.15, 0.2) is 35.4 Å². The van der Waals surface area contributed by atoms with Crippen LogP contribution in [-0.4, -0.2) is 36.1 Å². The molecule has 1 atom stereocenters. The molecule has 2 rings (SSSR count). The lowest BCUT2D eigenvalue weighted by atomic mass is 10.1. The van der Waals surface area contributed by atoms with Gasteiger partial charge in [-0.05, 0) is 18.9 Å². The van der Waals surface area contributed by atoms with E-state index in [1.165, 1.54) is 6.92 Å². The fourth-order valence-electron chi connectivity index (χ4n) is 2.02. The van der Waals surface area contributed by atoms with Gasteiger partial charge in [-0.2, -0.15) is 5.10 Å². The smallest absolute Gasteiger partial charge is 0.355 e. The molecule has 0 saturated carbocycles. The van der Waals surface area contributed by atoms with Crippen molar-refractivity contribution < 1.29 is 19.1 Å². The zero-order chi connectivity index (χ0) is 16.7. The van der Waals surface area contributed by atoms with Gasteiger partial charge in [0.1, 0.15) is 5.71 Å². The van der Waals surface area contributed by atoms with E-state index in [4.69, 9.17) is 4.74 Å². The Bertz CT molecular complexity index is 613. The Kier molecular flexibility index (Phi) is 5.85. The number of nitrogens with one attached hydrogen (secondary N) is 2. The number of amides is 2. The third-order valence-electron chi connectivity index (χ3n) is 3.35. The summed E-state index contributed by atoms with van der Waals surface area (Å²) in [6, 6.07) is 9.76. The highest BCUT2D eigenvalue weighted by molar-refractivity contribution is 6.37. The molecule has 122 valence electrons. The highest BCUT2D eigenvalue weighted by Crippen LogP contribution is 2.04. The SMILES string of the molecule is C[C@H](OC(=O)C1=NNC(=O)CC1)C(=O)NCCc1ccccc1. The van der Waals surface area contributed by atoms with Gasteiger partial charge in [0.2, 0.25) is 5.91 Å². The Labute approximate surface area is 134 Å². The van der Waals surface area contributed by atoms with E-state index < -0.39 is 12.1 Å². The maximum Gasteiger partial charge on any atom is 0.355 e. The zero-order valence-electron chi connectivity index (χ0n) is 12.9. The second kappa shape index (κ2) is 8.07. The molecule has 7 nitrogen and oxygen atoms in total. The third-order valence-corrected chi connectivity index (χ3v) is 3.35. The average Bonchev–Trinajstić information content (AvgIpc) is 2.56. The summed E-state index contributed by atoms with van der Waals surface area (Å²) in [5, 5.41) is 6.36. The molecule has 1 aromatic rings. The van der Waals surface area contributed by atoms with Gasteiger partial charge in [-0.25, -0.2) is 10.2 Å². The number of benzene rings is 1. The molecule has 1 heterocycles. The van der Waals surface area contributed by atoms with Gasteiger partial charge >= 0.3 is 5.97 Å². The summed E-state index contributed by atoms with van der Waals surface area (Å²) in [6.07, 6.45) is 0.184. The third kappa shape index (κ3) is 5.21. The van der Waals surface area contributed by atoms with Crippen molar-refractivity contribution in [1.82, 2.24) is 10.7 Å². The highest BCUT2D eigenvalue weighted by Gasteiger charge is 2.24. The van der Waals surface area contributed by atoms with Crippen LogP contribution >= 0.6 is 0 Å². The van der Waals surface area contributed by atoms with Crippen LogP contribution in [0.3, 0.4) is 0 Å². The molecule has 0 aliphatic carbocycles.